The molecule has 102 valence electrons. The van der Waals surface area contributed by atoms with Crippen LogP contribution in [-0.2, 0) is 4.79 Å². The van der Waals surface area contributed by atoms with Gasteiger partial charge in [0.2, 0.25) is 0 Å². The Bertz CT molecular complexity index is 556. The van der Waals surface area contributed by atoms with Crippen LogP contribution in [0.25, 0.3) is 0 Å². The molecule has 0 unspecified atom stereocenters. The van der Waals surface area contributed by atoms with E-state index >= 15 is 0 Å². The number of nitrogens with one attached hydrogen (secondary N) is 1. The minimum Gasteiger partial charge on any atom is -0.480 e. The zero-order valence-electron chi connectivity index (χ0n) is 10.1. The highest BCUT2D eigenvalue weighted by molar-refractivity contribution is 9.10. The van der Waals surface area contributed by atoms with E-state index in [1.165, 1.54) is 32.0 Å². The predicted molar refractivity (Wildman–Crippen MR) is 70.0 cm³/mol. The molecule has 0 aromatic heterocycles. The van der Waals surface area contributed by atoms with Crippen molar-refractivity contribution in [2.45, 2.75) is 19.4 Å². The van der Waals surface area contributed by atoms with Crippen LogP contribution in [0.4, 0.5) is 5.69 Å². The fourth-order valence-electron chi connectivity index (χ4n) is 1.24. The number of nitro groups is 1. The number of carbonyl (C=O) groups excluding carboxylic acids is 1. The predicted octanol–water partition coefficient (Wildman–Crippen LogP) is 1.95. The molecule has 19 heavy (non-hydrogen) atoms. The molecule has 1 aromatic rings. The molecule has 0 aliphatic rings. The lowest BCUT2D eigenvalue weighted by atomic mass is 10.1. The first-order valence-electron chi connectivity index (χ1n) is 5.15. The van der Waals surface area contributed by atoms with E-state index in [0.717, 1.165) is 0 Å². The van der Waals surface area contributed by atoms with Crippen LogP contribution in [0.2, 0.25) is 0 Å². The summed E-state index contributed by atoms with van der Waals surface area (Å²) in [5.41, 5.74) is -1.73. The Morgan fingerprint density at radius 3 is 2.47 bits per heavy atom. The first-order valence-corrected chi connectivity index (χ1v) is 5.95. The molecule has 1 rings (SSSR count). The van der Waals surface area contributed by atoms with Crippen LogP contribution >= 0.6 is 15.9 Å². The largest absolute Gasteiger partial charge is 0.480 e. The minimum absolute atomic E-state index is 0.00326. The van der Waals surface area contributed by atoms with Gasteiger partial charge in [0.15, 0.2) is 0 Å². The summed E-state index contributed by atoms with van der Waals surface area (Å²) < 4.78 is 0.0127. The fourth-order valence-corrected chi connectivity index (χ4v) is 1.83. The fraction of sp³-hybridized carbons (Fsp3) is 0.273. The number of halogens is 1. The molecule has 0 aliphatic carbocycles. The van der Waals surface area contributed by atoms with Crippen molar-refractivity contribution in [3.63, 3.8) is 0 Å². The molecule has 0 heterocycles. The summed E-state index contributed by atoms with van der Waals surface area (Å²) >= 11 is 2.98. The summed E-state index contributed by atoms with van der Waals surface area (Å²) in [6.07, 6.45) is 0. The number of hydrogen-bond donors (Lipinski definition) is 2. The summed E-state index contributed by atoms with van der Waals surface area (Å²) in [4.78, 5) is 33.0. The molecule has 0 spiro atoms. The highest BCUT2D eigenvalue weighted by Gasteiger charge is 2.30. The summed E-state index contributed by atoms with van der Waals surface area (Å²) in [7, 11) is 0. The number of nitrogens with zero attached hydrogens (tertiary/aromatic N) is 1. The lowest BCUT2D eigenvalue weighted by Gasteiger charge is -2.21. The second-order valence-electron chi connectivity index (χ2n) is 4.28. The smallest absolute Gasteiger partial charge is 0.328 e. The Balaban J connectivity index is 3.12. The van der Waals surface area contributed by atoms with Gasteiger partial charge in [-0.2, -0.15) is 0 Å². The number of hydrogen-bond acceptors (Lipinski definition) is 4. The maximum atomic E-state index is 11.9. The van der Waals surface area contributed by atoms with Crippen LogP contribution in [0, 0.1) is 10.1 Å². The van der Waals surface area contributed by atoms with E-state index in [0.29, 0.717) is 0 Å². The maximum Gasteiger partial charge on any atom is 0.328 e. The van der Waals surface area contributed by atoms with E-state index in [1.807, 2.05) is 0 Å². The van der Waals surface area contributed by atoms with Crippen LogP contribution in [0.5, 0.6) is 0 Å². The Morgan fingerprint density at radius 1 is 1.42 bits per heavy atom. The zero-order valence-corrected chi connectivity index (χ0v) is 11.7. The highest BCUT2D eigenvalue weighted by atomic mass is 79.9. The van der Waals surface area contributed by atoms with Gasteiger partial charge in [-0.05, 0) is 35.8 Å². The normalized spacial score (nSPS) is 10.9. The Hall–Kier alpha value is -1.96. The number of benzene rings is 1. The van der Waals surface area contributed by atoms with Gasteiger partial charge in [0.1, 0.15) is 10.0 Å². The van der Waals surface area contributed by atoms with Gasteiger partial charge >= 0.3 is 5.97 Å². The Morgan fingerprint density at radius 2 is 2.00 bits per heavy atom. The molecule has 0 radical (unpaired) electrons. The summed E-state index contributed by atoms with van der Waals surface area (Å²) in [5.74, 6) is -1.91. The van der Waals surface area contributed by atoms with E-state index < -0.39 is 22.3 Å². The van der Waals surface area contributed by atoms with Crippen molar-refractivity contribution in [3.05, 3.63) is 38.3 Å². The van der Waals surface area contributed by atoms with Crippen LogP contribution in [-0.4, -0.2) is 27.4 Å². The van der Waals surface area contributed by atoms with Gasteiger partial charge < -0.3 is 10.4 Å². The molecule has 1 amide bonds. The lowest BCUT2D eigenvalue weighted by Crippen LogP contribution is -2.49. The average molecular weight is 331 g/mol. The van der Waals surface area contributed by atoms with Gasteiger partial charge in [0.05, 0.1) is 10.5 Å². The molecule has 0 bridgehead atoms. The third-order valence-corrected chi connectivity index (χ3v) is 3.21. The first kappa shape index (κ1) is 15.1. The van der Waals surface area contributed by atoms with Crippen LogP contribution in [0.1, 0.15) is 24.2 Å². The van der Waals surface area contributed by atoms with E-state index in [4.69, 9.17) is 5.11 Å². The molecule has 7 nitrogen and oxygen atoms in total. The van der Waals surface area contributed by atoms with E-state index in [-0.39, 0.29) is 15.7 Å². The second kappa shape index (κ2) is 5.35. The van der Waals surface area contributed by atoms with Gasteiger partial charge in [0.25, 0.3) is 11.6 Å². The number of carbonyl (C=O) groups is 2. The van der Waals surface area contributed by atoms with Gasteiger partial charge in [0, 0.05) is 6.07 Å². The molecule has 0 saturated heterocycles. The zero-order chi connectivity index (χ0) is 14.8. The number of nitro benzene ring substituents is 1. The Labute approximate surface area is 116 Å². The third kappa shape index (κ3) is 3.28. The number of carboxylic acids is 1. The second-order valence-corrected chi connectivity index (χ2v) is 5.07. The number of aliphatic carboxylic acids is 1. The minimum atomic E-state index is -1.47. The van der Waals surface area contributed by atoms with E-state index in [1.54, 1.807) is 0 Å². The number of amides is 1. The van der Waals surface area contributed by atoms with Crippen LogP contribution < -0.4 is 5.32 Å². The van der Waals surface area contributed by atoms with Gasteiger partial charge in [-0.3, -0.25) is 14.9 Å². The monoisotopic (exact) mass is 330 g/mol. The molecule has 2 N–H and O–H groups in total. The molecule has 0 saturated carbocycles. The standard InChI is InChI=1S/C11H11BrN2O5/c1-11(2,10(16)17)13-9(15)6-4-3-5-7(8(6)12)14(18)19/h3-5H,1-2H3,(H,13,15)(H,16,17). The highest BCUT2D eigenvalue weighted by Crippen LogP contribution is 2.28. The molecule has 8 heteroatoms. The summed E-state index contributed by atoms with van der Waals surface area (Å²) in [6, 6.07) is 3.96. The molecule has 1 aromatic carbocycles. The average Bonchev–Trinajstić information content (AvgIpc) is 2.27. The topological polar surface area (TPSA) is 110 Å². The lowest BCUT2D eigenvalue weighted by molar-refractivity contribution is -0.385. The quantitative estimate of drug-likeness (QED) is 0.647. The number of rotatable bonds is 4. The summed E-state index contributed by atoms with van der Waals surface area (Å²) in [5, 5.41) is 21.9. The van der Waals surface area contributed by atoms with Crippen molar-refractivity contribution in [1.82, 2.24) is 5.32 Å². The van der Waals surface area contributed by atoms with Crippen LogP contribution in [0.15, 0.2) is 22.7 Å². The van der Waals surface area contributed by atoms with E-state index in [2.05, 4.69) is 21.2 Å². The van der Waals surface area contributed by atoms with E-state index in [9.17, 15) is 19.7 Å². The molecule has 0 aliphatic heterocycles. The van der Waals surface area contributed by atoms with Crippen molar-refractivity contribution in [2.24, 2.45) is 0 Å². The number of carboxylic acid groups (broad SMARTS) is 1. The van der Waals surface area contributed by atoms with Gasteiger partial charge in [-0.25, -0.2) is 4.79 Å². The summed E-state index contributed by atoms with van der Waals surface area (Å²) in [6.45, 7) is 2.64. The Kier molecular flexibility index (Phi) is 4.25. The molecule has 0 fully saturated rings. The first-order chi connectivity index (χ1) is 8.66. The SMILES string of the molecule is CC(C)(NC(=O)c1cccc([N+](=O)[O-])c1Br)C(=O)O. The molecule has 0 atom stereocenters. The van der Waals surface area contributed by atoms with Crippen molar-refractivity contribution >= 4 is 33.5 Å². The maximum absolute atomic E-state index is 11.9. The van der Waals surface area contributed by atoms with Crippen molar-refractivity contribution in [1.29, 1.82) is 0 Å². The van der Waals surface area contributed by atoms with Crippen LogP contribution in [0.3, 0.4) is 0 Å². The molecular weight excluding hydrogens is 320 g/mol. The molecular formula is C11H11BrN2O5. The van der Waals surface area contributed by atoms with Gasteiger partial charge in [-0.15, -0.1) is 0 Å². The van der Waals surface area contributed by atoms with Crippen molar-refractivity contribution in [3.8, 4) is 0 Å². The van der Waals surface area contributed by atoms with Crippen molar-refractivity contribution < 1.29 is 19.6 Å². The third-order valence-electron chi connectivity index (χ3n) is 2.38. The van der Waals surface area contributed by atoms with Crippen molar-refractivity contribution in [2.75, 3.05) is 0 Å². The van der Waals surface area contributed by atoms with Gasteiger partial charge in [-0.1, -0.05) is 6.07 Å².